The fourth-order valence-electron chi connectivity index (χ4n) is 1.47. The van der Waals surface area contributed by atoms with E-state index < -0.39 is 10.8 Å². The van der Waals surface area contributed by atoms with Gasteiger partial charge in [0.25, 0.3) is 0 Å². The number of hydrogen-bond donors (Lipinski definition) is 1. The Morgan fingerprint density at radius 2 is 2.33 bits per heavy atom. The van der Waals surface area contributed by atoms with Crippen molar-refractivity contribution in [3.05, 3.63) is 39.9 Å². The van der Waals surface area contributed by atoms with E-state index in [2.05, 4.69) is 14.9 Å². The lowest BCUT2D eigenvalue weighted by molar-refractivity contribution is 0.686. The molecule has 2 aromatic rings. The molecule has 96 valence electrons. The maximum atomic E-state index is 11.2. The van der Waals surface area contributed by atoms with Crippen LogP contribution >= 0.6 is 23.1 Å². The summed E-state index contributed by atoms with van der Waals surface area (Å²) in [5.41, 5.74) is 2.72. The molecule has 7 heteroatoms. The van der Waals surface area contributed by atoms with Gasteiger partial charge in [-0.2, -0.15) is 0 Å². The van der Waals surface area contributed by atoms with Crippen molar-refractivity contribution in [2.24, 2.45) is 0 Å². The molecule has 0 aliphatic heterocycles. The summed E-state index contributed by atoms with van der Waals surface area (Å²) in [5, 5.41) is 9.72. The number of rotatable bonds is 5. The van der Waals surface area contributed by atoms with Crippen molar-refractivity contribution in [3.8, 4) is 0 Å². The molecular formula is C11H12ClN3OS2. The van der Waals surface area contributed by atoms with Crippen molar-refractivity contribution >= 4 is 39.6 Å². The summed E-state index contributed by atoms with van der Waals surface area (Å²) in [5.74, 6) is 0.465. The van der Waals surface area contributed by atoms with Crippen molar-refractivity contribution in [3.63, 3.8) is 0 Å². The van der Waals surface area contributed by atoms with Crippen LogP contribution in [0.1, 0.15) is 11.3 Å². The molecule has 0 aliphatic carbocycles. The summed E-state index contributed by atoms with van der Waals surface area (Å²) >= 11 is 7.38. The van der Waals surface area contributed by atoms with Crippen LogP contribution in [0.3, 0.4) is 0 Å². The minimum Gasteiger partial charge on any atom is -0.379 e. The van der Waals surface area contributed by atoms with Crippen LogP contribution in [-0.4, -0.2) is 20.1 Å². The molecule has 0 spiro atoms. The van der Waals surface area contributed by atoms with Crippen molar-refractivity contribution in [1.82, 2.24) is 9.59 Å². The Labute approximate surface area is 117 Å². The van der Waals surface area contributed by atoms with E-state index in [4.69, 9.17) is 11.6 Å². The zero-order chi connectivity index (χ0) is 13.0. The van der Waals surface area contributed by atoms with Gasteiger partial charge in [-0.15, -0.1) is 5.10 Å². The predicted molar refractivity (Wildman–Crippen MR) is 76.5 cm³/mol. The molecule has 1 aromatic carbocycles. The predicted octanol–water partition coefficient (Wildman–Crippen LogP) is 2.68. The number of halogens is 1. The molecule has 2 rings (SSSR count). The molecule has 0 fully saturated rings. The van der Waals surface area contributed by atoms with Gasteiger partial charge in [-0.3, -0.25) is 4.21 Å². The van der Waals surface area contributed by atoms with Crippen LogP contribution < -0.4 is 5.32 Å². The Balaban J connectivity index is 2.06. The summed E-state index contributed by atoms with van der Waals surface area (Å²) in [6.45, 7) is 0.618. The zero-order valence-corrected chi connectivity index (χ0v) is 12.1. The third-order valence-corrected chi connectivity index (χ3v) is 3.92. The molecule has 4 nitrogen and oxygen atoms in total. The van der Waals surface area contributed by atoms with E-state index in [1.165, 1.54) is 11.5 Å². The van der Waals surface area contributed by atoms with Crippen molar-refractivity contribution in [1.29, 1.82) is 0 Å². The molecule has 1 atom stereocenters. The highest BCUT2D eigenvalue weighted by atomic mass is 35.5. The lowest BCUT2D eigenvalue weighted by Crippen LogP contribution is -2.01. The molecular weight excluding hydrogens is 290 g/mol. The quantitative estimate of drug-likeness (QED) is 0.922. The molecule has 0 radical (unpaired) electrons. The number of benzene rings is 1. The minimum absolute atomic E-state index is 0.465. The van der Waals surface area contributed by atoms with E-state index >= 15 is 0 Å². The van der Waals surface area contributed by atoms with Gasteiger partial charge < -0.3 is 5.32 Å². The summed E-state index contributed by atoms with van der Waals surface area (Å²) < 4.78 is 15.0. The van der Waals surface area contributed by atoms with E-state index in [1.807, 2.05) is 23.6 Å². The molecule has 0 saturated heterocycles. The highest BCUT2D eigenvalue weighted by molar-refractivity contribution is 7.83. The molecule has 18 heavy (non-hydrogen) atoms. The zero-order valence-electron chi connectivity index (χ0n) is 9.72. The van der Waals surface area contributed by atoms with E-state index in [0.717, 1.165) is 16.9 Å². The maximum absolute atomic E-state index is 11.2. The van der Waals surface area contributed by atoms with Crippen molar-refractivity contribution in [2.45, 2.75) is 12.3 Å². The van der Waals surface area contributed by atoms with Crippen LogP contribution in [0.4, 0.5) is 5.69 Å². The van der Waals surface area contributed by atoms with Gasteiger partial charge in [0, 0.05) is 38.9 Å². The number of hydrogen-bond acceptors (Lipinski definition) is 5. The van der Waals surface area contributed by atoms with Gasteiger partial charge in [0.1, 0.15) is 0 Å². The average molecular weight is 302 g/mol. The Hall–Kier alpha value is -0.980. The first-order valence-electron chi connectivity index (χ1n) is 5.23. The largest absolute Gasteiger partial charge is 0.379 e. The van der Waals surface area contributed by atoms with E-state index in [1.54, 1.807) is 6.26 Å². The highest BCUT2D eigenvalue weighted by Crippen LogP contribution is 2.22. The third-order valence-electron chi connectivity index (χ3n) is 2.28. The molecule has 1 heterocycles. The summed E-state index contributed by atoms with van der Waals surface area (Å²) in [6, 6.07) is 5.62. The van der Waals surface area contributed by atoms with Gasteiger partial charge in [0.2, 0.25) is 0 Å². The molecule has 0 bridgehead atoms. The second-order valence-electron chi connectivity index (χ2n) is 3.77. The first kappa shape index (κ1) is 13.5. The Kier molecular flexibility index (Phi) is 4.68. The molecule has 0 aliphatic rings. The molecule has 0 amide bonds. The Morgan fingerprint density at radius 1 is 1.50 bits per heavy atom. The van der Waals surface area contributed by atoms with Gasteiger partial charge in [0.15, 0.2) is 0 Å². The summed E-state index contributed by atoms with van der Waals surface area (Å²) in [4.78, 5) is 0. The molecule has 1 aromatic heterocycles. The summed E-state index contributed by atoms with van der Waals surface area (Å²) in [6.07, 6.45) is 1.66. The van der Waals surface area contributed by atoms with Crippen LogP contribution in [-0.2, 0) is 23.1 Å². The monoisotopic (exact) mass is 301 g/mol. The second kappa shape index (κ2) is 6.26. The topological polar surface area (TPSA) is 54.9 Å². The number of nitrogens with one attached hydrogen (secondary N) is 1. The van der Waals surface area contributed by atoms with Crippen molar-refractivity contribution < 1.29 is 4.21 Å². The second-order valence-corrected chi connectivity index (χ2v) is 6.23. The average Bonchev–Trinajstić information content (AvgIpc) is 2.82. The SMILES string of the molecule is C[S@@](=O)Cc1cc(NCc2csnn2)ccc1Cl. The van der Waals surface area contributed by atoms with Gasteiger partial charge in [0.05, 0.1) is 12.2 Å². The lowest BCUT2D eigenvalue weighted by atomic mass is 10.2. The Morgan fingerprint density at radius 3 is 3.00 bits per heavy atom. The fourth-order valence-corrected chi connectivity index (χ4v) is 2.86. The lowest BCUT2D eigenvalue weighted by Gasteiger charge is -2.08. The number of nitrogens with zero attached hydrogens (tertiary/aromatic N) is 2. The van der Waals surface area contributed by atoms with Gasteiger partial charge >= 0.3 is 0 Å². The van der Waals surface area contributed by atoms with E-state index in [0.29, 0.717) is 17.3 Å². The molecule has 0 saturated carbocycles. The highest BCUT2D eigenvalue weighted by Gasteiger charge is 2.04. The first-order chi connectivity index (χ1) is 8.65. The van der Waals surface area contributed by atoms with Crippen LogP contribution in [0.15, 0.2) is 23.6 Å². The van der Waals surface area contributed by atoms with Crippen LogP contribution in [0.25, 0.3) is 0 Å². The number of anilines is 1. The van der Waals surface area contributed by atoms with Gasteiger partial charge in [-0.25, -0.2) is 0 Å². The first-order valence-corrected chi connectivity index (χ1v) is 8.17. The van der Waals surface area contributed by atoms with Crippen LogP contribution in [0.2, 0.25) is 5.02 Å². The van der Waals surface area contributed by atoms with E-state index in [9.17, 15) is 4.21 Å². The fraction of sp³-hybridized carbons (Fsp3) is 0.273. The van der Waals surface area contributed by atoms with Crippen molar-refractivity contribution in [2.75, 3.05) is 11.6 Å². The number of aromatic nitrogens is 2. The van der Waals surface area contributed by atoms with Crippen LogP contribution in [0.5, 0.6) is 0 Å². The smallest absolute Gasteiger partial charge is 0.0946 e. The van der Waals surface area contributed by atoms with Crippen LogP contribution in [0, 0.1) is 0 Å². The van der Waals surface area contributed by atoms with Gasteiger partial charge in [-0.05, 0) is 35.3 Å². The third kappa shape index (κ3) is 3.76. The van der Waals surface area contributed by atoms with E-state index in [-0.39, 0.29) is 0 Å². The van der Waals surface area contributed by atoms with Gasteiger partial charge in [-0.1, -0.05) is 16.1 Å². The molecule has 1 N–H and O–H groups in total. The molecule has 0 unspecified atom stereocenters. The Bertz CT molecular complexity index is 545. The maximum Gasteiger partial charge on any atom is 0.0946 e. The standard InChI is InChI=1S/C11H12ClN3OS2/c1-18(16)7-8-4-9(2-3-11(8)12)13-5-10-6-17-15-14-10/h2-4,6,13H,5,7H2,1H3/t18-/m1/s1. The summed E-state index contributed by atoms with van der Waals surface area (Å²) in [7, 11) is -0.901. The minimum atomic E-state index is -0.901. The normalized spacial score (nSPS) is 12.3.